The summed E-state index contributed by atoms with van der Waals surface area (Å²) < 4.78 is 26.8. The average Bonchev–Trinajstić information content (AvgIpc) is 2.81. The summed E-state index contributed by atoms with van der Waals surface area (Å²) >= 11 is 0. The van der Waals surface area contributed by atoms with E-state index in [9.17, 15) is 10.2 Å². The molecule has 0 amide bonds. The highest BCUT2D eigenvalue weighted by atomic mass is 16.5. The van der Waals surface area contributed by atoms with Crippen LogP contribution in [-0.2, 0) is 0 Å². The molecule has 0 bridgehead atoms. The number of hydrogen-bond donors (Lipinski definition) is 2. The third-order valence-corrected chi connectivity index (χ3v) is 4.98. The van der Waals surface area contributed by atoms with Crippen LogP contribution in [-0.4, -0.2) is 45.8 Å². The van der Waals surface area contributed by atoms with E-state index in [0.717, 1.165) is 16.7 Å². The highest BCUT2D eigenvalue weighted by Gasteiger charge is 2.17. The zero-order chi connectivity index (χ0) is 23.3. The van der Waals surface area contributed by atoms with Gasteiger partial charge >= 0.3 is 0 Å². The van der Waals surface area contributed by atoms with Gasteiger partial charge < -0.3 is 33.9 Å². The Morgan fingerprint density at radius 2 is 1.12 bits per heavy atom. The van der Waals surface area contributed by atoms with Gasteiger partial charge in [0.25, 0.3) is 0 Å². The van der Waals surface area contributed by atoms with Crippen molar-refractivity contribution < 1.29 is 33.9 Å². The number of benzene rings is 3. The van der Waals surface area contributed by atoms with Crippen LogP contribution in [0.3, 0.4) is 0 Å². The molecular weight excluding hydrogens is 412 g/mol. The van der Waals surface area contributed by atoms with Crippen LogP contribution in [0.5, 0.6) is 40.2 Å². The molecule has 0 aliphatic carbocycles. The van der Waals surface area contributed by atoms with E-state index in [1.807, 2.05) is 30.3 Å². The quantitative estimate of drug-likeness (QED) is 0.492. The Hall–Kier alpha value is -4.00. The summed E-state index contributed by atoms with van der Waals surface area (Å²) in [6.45, 7) is 0. The smallest absolute Gasteiger partial charge is 0.203 e. The van der Waals surface area contributed by atoms with E-state index >= 15 is 0 Å². The molecule has 0 saturated carbocycles. The van der Waals surface area contributed by atoms with Crippen molar-refractivity contribution in [2.75, 3.05) is 35.5 Å². The number of phenolic OH excluding ortho intramolecular Hbond substituents is 2. The number of hydrogen-bond acceptors (Lipinski definition) is 7. The molecule has 0 aliphatic rings. The van der Waals surface area contributed by atoms with Crippen molar-refractivity contribution in [1.82, 2.24) is 0 Å². The topological polar surface area (TPSA) is 86.6 Å². The van der Waals surface area contributed by atoms with Crippen molar-refractivity contribution in [2.24, 2.45) is 0 Å². The van der Waals surface area contributed by atoms with E-state index in [-0.39, 0.29) is 11.5 Å². The minimum absolute atomic E-state index is 0.000852. The molecule has 0 aliphatic heterocycles. The molecule has 2 N–H and O–H groups in total. The van der Waals surface area contributed by atoms with Gasteiger partial charge in [-0.25, -0.2) is 0 Å². The summed E-state index contributed by atoms with van der Waals surface area (Å²) in [5.74, 6) is 2.20. The summed E-state index contributed by atoms with van der Waals surface area (Å²) in [5.41, 5.74) is 2.93. The van der Waals surface area contributed by atoms with Crippen LogP contribution in [0.1, 0.15) is 16.7 Å². The van der Waals surface area contributed by atoms with Gasteiger partial charge in [0, 0.05) is 0 Å². The summed E-state index contributed by atoms with van der Waals surface area (Å²) in [4.78, 5) is 0. The summed E-state index contributed by atoms with van der Waals surface area (Å²) in [6.07, 6.45) is 1.88. The first-order chi connectivity index (χ1) is 15.4. The van der Waals surface area contributed by atoms with Crippen molar-refractivity contribution in [3.8, 4) is 40.2 Å². The zero-order valence-corrected chi connectivity index (χ0v) is 18.6. The van der Waals surface area contributed by atoms with Gasteiger partial charge in [0.1, 0.15) is 0 Å². The molecular formula is C25H26O7. The van der Waals surface area contributed by atoms with Crippen LogP contribution >= 0.6 is 0 Å². The molecule has 3 rings (SSSR count). The van der Waals surface area contributed by atoms with Gasteiger partial charge in [-0.1, -0.05) is 12.1 Å². The fourth-order valence-corrected chi connectivity index (χ4v) is 3.39. The molecule has 0 heterocycles. The molecule has 0 radical (unpaired) electrons. The van der Waals surface area contributed by atoms with Gasteiger partial charge in [0.05, 0.1) is 35.5 Å². The molecule has 3 aromatic carbocycles. The van der Waals surface area contributed by atoms with Crippen molar-refractivity contribution in [3.05, 3.63) is 65.2 Å². The van der Waals surface area contributed by atoms with Crippen LogP contribution in [0.2, 0.25) is 0 Å². The lowest BCUT2D eigenvalue weighted by atomic mass is 9.94. The Bertz CT molecular complexity index is 1110. The maximum absolute atomic E-state index is 10.4. The highest BCUT2D eigenvalue weighted by molar-refractivity contribution is 5.93. The fraction of sp³-hybridized carbons (Fsp3) is 0.200. The summed E-state index contributed by atoms with van der Waals surface area (Å²) in [6, 6.07) is 13.9. The monoisotopic (exact) mass is 438 g/mol. The Labute approximate surface area is 187 Å². The second kappa shape index (κ2) is 9.87. The molecule has 0 atom stereocenters. The molecule has 3 aromatic rings. The van der Waals surface area contributed by atoms with E-state index in [1.54, 1.807) is 45.6 Å². The van der Waals surface area contributed by atoms with Gasteiger partial charge in [-0.05, 0) is 64.7 Å². The Morgan fingerprint density at radius 3 is 1.59 bits per heavy atom. The van der Waals surface area contributed by atoms with Crippen LogP contribution < -0.4 is 23.7 Å². The molecule has 0 unspecified atom stereocenters. The highest BCUT2D eigenvalue weighted by Crippen LogP contribution is 2.42. The SMILES string of the molecule is COc1ccc(/C=C(/c2ccc(OC)c(O)c2)c2cc(OC)c(OC)c(OC)c2)cc1O. The number of rotatable bonds is 8. The third-order valence-electron chi connectivity index (χ3n) is 4.98. The second-order valence-corrected chi connectivity index (χ2v) is 6.79. The summed E-state index contributed by atoms with van der Waals surface area (Å²) in [5, 5.41) is 20.6. The molecule has 32 heavy (non-hydrogen) atoms. The predicted octanol–water partition coefficient (Wildman–Crippen LogP) is 4.73. The molecule has 0 aromatic heterocycles. The van der Waals surface area contributed by atoms with Crippen molar-refractivity contribution >= 4 is 11.6 Å². The van der Waals surface area contributed by atoms with Crippen LogP contribution in [0.4, 0.5) is 0 Å². The summed E-state index contributed by atoms with van der Waals surface area (Å²) in [7, 11) is 7.62. The first kappa shape index (κ1) is 22.7. The fourth-order valence-electron chi connectivity index (χ4n) is 3.39. The first-order valence-corrected chi connectivity index (χ1v) is 9.72. The Kier molecular flexibility index (Phi) is 7.00. The lowest BCUT2D eigenvalue weighted by Crippen LogP contribution is -1.98. The van der Waals surface area contributed by atoms with Crippen molar-refractivity contribution in [3.63, 3.8) is 0 Å². The lowest BCUT2D eigenvalue weighted by Gasteiger charge is -2.17. The van der Waals surface area contributed by atoms with Gasteiger partial charge in [-0.3, -0.25) is 0 Å². The van der Waals surface area contributed by atoms with Crippen LogP contribution in [0.15, 0.2) is 48.5 Å². The van der Waals surface area contributed by atoms with E-state index in [0.29, 0.717) is 34.3 Å². The van der Waals surface area contributed by atoms with Gasteiger partial charge in [-0.2, -0.15) is 0 Å². The minimum Gasteiger partial charge on any atom is -0.504 e. The molecule has 7 heteroatoms. The number of methoxy groups -OCH3 is 5. The van der Waals surface area contributed by atoms with E-state index in [4.69, 9.17) is 23.7 Å². The van der Waals surface area contributed by atoms with Crippen molar-refractivity contribution in [2.45, 2.75) is 0 Å². The second-order valence-electron chi connectivity index (χ2n) is 6.79. The van der Waals surface area contributed by atoms with E-state index in [1.165, 1.54) is 14.2 Å². The minimum atomic E-state index is 0.000852. The maximum atomic E-state index is 10.4. The van der Waals surface area contributed by atoms with Gasteiger partial charge in [0.15, 0.2) is 34.5 Å². The van der Waals surface area contributed by atoms with E-state index in [2.05, 4.69) is 0 Å². The van der Waals surface area contributed by atoms with Gasteiger partial charge in [0.2, 0.25) is 5.75 Å². The standard InChI is InChI=1S/C25H26O7/c1-28-21-8-6-15(11-19(21)26)10-18(16-7-9-22(29-2)20(27)12-16)17-13-23(30-3)25(32-5)24(14-17)31-4/h6-14,26-27H,1-5H3/b18-10-. The zero-order valence-electron chi connectivity index (χ0n) is 18.6. The van der Waals surface area contributed by atoms with Gasteiger partial charge in [-0.15, -0.1) is 0 Å². The normalized spacial score (nSPS) is 11.1. The molecule has 0 saturated heterocycles. The maximum Gasteiger partial charge on any atom is 0.203 e. The molecule has 7 nitrogen and oxygen atoms in total. The van der Waals surface area contributed by atoms with Crippen LogP contribution in [0, 0.1) is 0 Å². The van der Waals surface area contributed by atoms with E-state index < -0.39 is 0 Å². The molecule has 0 spiro atoms. The number of ether oxygens (including phenoxy) is 5. The Balaban J connectivity index is 2.26. The number of aromatic hydroxyl groups is 2. The van der Waals surface area contributed by atoms with Crippen molar-refractivity contribution in [1.29, 1.82) is 0 Å². The predicted molar refractivity (Wildman–Crippen MR) is 122 cm³/mol. The molecule has 168 valence electrons. The van der Waals surface area contributed by atoms with Crippen LogP contribution in [0.25, 0.3) is 11.6 Å². The average molecular weight is 438 g/mol. The first-order valence-electron chi connectivity index (χ1n) is 9.72. The molecule has 0 fully saturated rings. The third kappa shape index (κ3) is 4.51. The largest absolute Gasteiger partial charge is 0.504 e. The number of phenols is 2. The lowest BCUT2D eigenvalue weighted by molar-refractivity contribution is 0.324. The Morgan fingerprint density at radius 1 is 0.594 bits per heavy atom.